The summed E-state index contributed by atoms with van der Waals surface area (Å²) in [5, 5.41) is 3.82. The monoisotopic (exact) mass is 291 g/mol. The molecule has 0 bridgehead atoms. The molecular weight excluding hydrogens is 265 g/mol. The normalized spacial score (nSPS) is 26.7. The Hall–Kier alpha value is -1.00. The van der Waals surface area contributed by atoms with Gasteiger partial charge in [-0.1, -0.05) is 19.3 Å². The fourth-order valence-corrected chi connectivity index (χ4v) is 3.88. The molecule has 0 radical (unpaired) electrons. The minimum atomic E-state index is -0.236. The van der Waals surface area contributed by atoms with E-state index >= 15 is 0 Å². The molecule has 116 valence electrons. The van der Waals surface area contributed by atoms with E-state index < -0.39 is 0 Å². The highest BCUT2D eigenvalue weighted by atomic mass is 19.1. The van der Waals surface area contributed by atoms with E-state index in [1.807, 2.05) is 0 Å². The van der Waals surface area contributed by atoms with Crippen LogP contribution in [-0.2, 0) is 6.54 Å². The third-order valence-corrected chi connectivity index (χ3v) is 5.15. The summed E-state index contributed by atoms with van der Waals surface area (Å²) >= 11 is 0. The number of hydrogen-bond donors (Lipinski definition) is 1. The molecule has 2 fully saturated rings. The molecule has 1 aliphatic carbocycles. The lowest BCUT2D eigenvalue weighted by molar-refractivity contribution is 0.131. The standard InChI is InChI=1S/C17H26FN3/c1-14-5-8-20-17(6-3-2-4-7-17)13-21(14)12-15-9-16(18)11-19-10-15/h9-11,14,20H,2-8,12-13H2,1H3. The third kappa shape index (κ3) is 3.61. The average molecular weight is 291 g/mol. The molecule has 2 heterocycles. The van der Waals surface area contributed by atoms with Crippen LogP contribution < -0.4 is 5.32 Å². The average Bonchev–Trinajstić information content (AvgIpc) is 2.60. The third-order valence-electron chi connectivity index (χ3n) is 5.15. The zero-order valence-corrected chi connectivity index (χ0v) is 12.9. The summed E-state index contributed by atoms with van der Waals surface area (Å²) in [4.78, 5) is 6.50. The zero-order chi connectivity index (χ0) is 14.7. The van der Waals surface area contributed by atoms with Crippen molar-refractivity contribution in [3.05, 3.63) is 29.8 Å². The molecule has 3 rings (SSSR count). The molecule has 1 aliphatic heterocycles. The second-order valence-corrected chi connectivity index (χ2v) is 6.82. The quantitative estimate of drug-likeness (QED) is 0.907. The number of pyridine rings is 1. The fraction of sp³-hybridized carbons (Fsp3) is 0.706. The summed E-state index contributed by atoms with van der Waals surface area (Å²) in [6, 6.07) is 2.15. The summed E-state index contributed by atoms with van der Waals surface area (Å²) in [5.74, 6) is -0.236. The van der Waals surface area contributed by atoms with Crippen LogP contribution in [0.1, 0.15) is 51.0 Å². The van der Waals surface area contributed by atoms with E-state index in [0.29, 0.717) is 6.04 Å². The maximum atomic E-state index is 13.4. The molecule has 1 atom stereocenters. The Kier molecular flexibility index (Phi) is 4.55. The molecule has 1 spiro atoms. The molecule has 4 heteroatoms. The SMILES string of the molecule is CC1CCNC2(CCCCC2)CN1Cc1cncc(F)c1. The number of rotatable bonds is 2. The second-order valence-electron chi connectivity index (χ2n) is 6.82. The number of aromatic nitrogens is 1. The Bertz CT molecular complexity index is 471. The molecule has 1 saturated carbocycles. The second kappa shape index (κ2) is 6.41. The van der Waals surface area contributed by atoms with Crippen LogP contribution in [0.3, 0.4) is 0 Å². The maximum absolute atomic E-state index is 13.4. The van der Waals surface area contributed by atoms with Crippen molar-refractivity contribution in [2.24, 2.45) is 0 Å². The van der Waals surface area contributed by atoms with Gasteiger partial charge in [0, 0.05) is 30.9 Å². The molecule has 1 N–H and O–H groups in total. The smallest absolute Gasteiger partial charge is 0.141 e. The van der Waals surface area contributed by atoms with Gasteiger partial charge < -0.3 is 5.32 Å². The first kappa shape index (κ1) is 14.9. The van der Waals surface area contributed by atoms with Crippen molar-refractivity contribution >= 4 is 0 Å². The highest BCUT2D eigenvalue weighted by molar-refractivity contribution is 5.11. The fourth-order valence-electron chi connectivity index (χ4n) is 3.88. The van der Waals surface area contributed by atoms with Gasteiger partial charge in [0.15, 0.2) is 0 Å². The zero-order valence-electron chi connectivity index (χ0n) is 12.9. The molecule has 0 amide bonds. The minimum Gasteiger partial charge on any atom is -0.310 e. The van der Waals surface area contributed by atoms with Crippen molar-refractivity contribution in [2.45, 2.75) is 63.6 Å². The molecule has 2 aliphatic rings. The predicted octanol–water partition coefficient (Wildman–Crippen LogP) is 3.11. The van der Waals surface area contributed by atoms with E-state index in [-0.39, 0.29) is 11.4 Å². The Labute approximate surface area is 126 Å². The Morgan fingerprint density at radius 2 is 2.14 bits per heavy atom. The van der Waals surface area contributed by atoms with Gasteiger partial charge in [0.2, 0.25) is 0 Å². The summed E-state index contributed by atoms with van der Waals surface area (Å²) in [6.07, 6.45) is 10.8. The summed E-state index contributed by atoms with van der Waals surface area (Å²) in [6.45, 7) is 5.26. The summed E-state index contributed by atoms with van der Waals surface area (Å²) < 4.78 is 13.4. The van der Waals surface area contributed by atoms with E-state index in [1.165, 1.54) is 38.3 Å². The van der Waals surface area contributed by atoms with E-state index in [9.17, 15) is 4.39 Å². The first-order valence-corrected chi connectivity index (χ1v) is 8.25. The van der Waals surface area contributed by atoms with Gasteiger partial charge in [-0.3, -0.25) is 9.88 Å². The highest BCUT2D eigenvalue weighted by Crippen LogP contribution is 2.32. The first-order valence-electron chi connectivity index (χ1n) is 8.25. The van der Waals surface area contributed by atoms with Crippen LogP contribution in [0, 0.1) is 5.82 Å². The molecule has 1 aromatic heterocycles. The van der Waals surface area contributed by atoms with Crippen LogP contribution >= 0.6 is 0 Å². The molecule has 1 aromatic rings. The summed E-state index contributed by atoms with van der Waals surface area (Å²) in [5.41, 5.74) is 1.26. The first-order chi connectivity index (χ1) is 10.2. The van der Waals surface area contributed by atoms with Crippen molar-refractivity contribution < 1.29 is 4.39 Å². The van der Waals surface area contributed by atoms with E-state index in [1.54, 1.807) is 12.3 Å². The lowest BCUT2D eigenvalue weighted by atomic mass is 9.81. The van der Waals surface area contributed by atoms with Gasteiger partial charge in [0.1, 0.15) is 5.82 Å². The number of hydrogen-bond acceptors (Lipinski definition) is 3. The van der Waals surface area contributed by atoms with Crippen LogP contribution in [0.15, 0.2) is 18.5 Å². The van der Waals surface area contributed by atoms with E-state index in [2.05, 4.69) is 22.1 Å². The molecule has 3 nitrogen and oxygen atoms in total. The van der Waals surface area contributed by atoms with E-state index in [0.717, 1.165) is 31.6 Å². The molecule has 0 aromatic carbocycles. The van der Waals surface area contributed by atoms with Crippen molar-refractivity contribution in [2.75, 3.05) is 13.1 Å². The van der Waals surface area contributed by atoms with Crippen molar-refractivity contribution in [3.8, 4) is 0 Å². The molecular formula is C17H26FN3. The Morgan fingerprint density at radius 3 is 2.90 bits per heavy atom. The Balaban J connectivity index is 1.74. The van der Waals surface area contributed by atoms with Crippen LogP contribution in [-0.4, -0.2) is 34.6 Å². The van der Waals surface area contributed by atoms with Crippen LogP contribution in [0.4, 0.5) is 4.39 Å². The largest absolute Gasteiger partial charge is 0.310 e. The molecule has 21 heavy (non-hydrogen) atoms. The number of halogens is 1. The van der Waals surface area contributed by atoms with Crippen LogP contribution in [0.2, 0.25) is 0 Å². The maximum Gasteiger partial charge on any atom is 0.141 e. The lowest BCUT2D eigenvalue weighted by Gasteiger charge is -2.41. The highest BCUT2D eigenvalue weighted by Gasteiger charge is 2.36. The van der Waals surface area contributed by atoms with E-state index in [4.69, 9.17) is 0 Å². The molecule has 1 unspecified atom stereocenters. The summed E-state index contributed by atoms with van der Waals surface area (Å²) in [7, 11) is 0. The van der Waals surface area contributed by atoms with Crippen molar-refractivity contribution in [3.63, 3.8) is 0 Å². The van der Waals surface area contributed by atoms with Crippen LogP contribution in [0.5, 0.6) is 0 Å². The van der Waals surface area contributed by atoms with Gasteiger partial charge in [-0.25, -0.2) is 4.39 Å². The topological polar surface area (TPSA) is 28.2 Å². The van der Waals surface area contributed by atoms with Crippen LogP contribution in [0.25, 0.3) is 0 Å². The van der Waals surface area contributed by atoms with Gasteiger partial charge >= 0.3 is 0 Å². The number of nitrogens with zero attached hydrogens (tertiary/aromatic N) is 2. The molecule has 1 saturated heterocycles. The Morgan fingerprint density at radius 1 is 1.33 bits per heavy atom. The van der Waals surface area contributed by atoms with Gasteiger partial charge in [0.25, 0.3) is 0 Å². The van der Waals surface area contributed by atoms with Gasteiger partial charge in [-0.2, -0.15) is 0 Å². The van der Waals surface area contributed by atoms with Crippen molar-refractivity contribution in [1.29, 1.82) is 0 Å². The minimum absolute atomic E-state index is 0.236. The van der Waals surface area contributed by atoms with Gasteiger partial charge in [-0.05, 0) is 44.4 Å². The van der Waals surface area contributed by atoms with Gasteiger partial charge in [-0.15, -0.1) is 0 Å². The lowest BCUT2D eigenvalue weighted by Crippen LogP contribution is -2.53. The number of nitrogens with one attached hydrogen (secondary N) is 1. The van der Waals surface area contributed by atoms with Gasteiger partial charge in [0.05, 0.1) is 6.20 Å². The van der Waals surface area contributed by atoms with Crippen molar-refractivity contribution in [1.82, 2.24) is 15.2 Å². The predicted molar refractivity (Wildman–Crippen MR) is 82.5 cm³/mol.